The van der Waals surface area contributed by atoms with Crippen LogP contribution in [-0.2, 0) is 11.2 Å². The molecule has 100 valence electrons. The third kappa shape index (κ3) is 2.82. The van der Waals surface area contributed by atoms with Gasteiger partial charge in [-0.25, -0.2) is 4.39 Å². The number of methoxy groups -OCH3 is 1. The van der Waals surface area contributed by atoms with Crippen LogP contribution in [-0.4, -0.2) is 33.4 Å². The number of ether oxygens (including phenoxy) is 2. The van der Waals surface area contributed by atoms with E-state index in [-0.39, 0.29) is 11.9 Å². The molecule has 18 heavy (non-hydrogen) atoms. The fourth-order valence-corrected chi connectivity index (χ4v) is 2.48. The Labute approximate surface area is 107 Å². The molecule has 0 radical (unpaired) electrons. The van der Waals surface area contributed by atoms with Gasteiger partial charge in [0.05, 0.1) is 13.7 Å². The van der Waals surface area contributed by atoms with Gasteiger partial charge in [-0.3, -0.25) is 0 Å². The van der Waals surface area contributed by atoms with Crippen LogP contribution in [0.15, 0.2) is 18.2 Å². The number of hydrogen-bond acceptors (Lipinski definition) is 3. The van der Waals surface area contributed by atoms with Crippen LogP contribution in [0, 0.1) is 11.7 Å². The third-order valence-corrected chi connectivity index (χ3v) is 3.61. The van der Waals surface area contributed by atoms with Crippen molar-refractivity contribution in [3.63, 3.8) is 0 Å². The molecule has 1 heterocycles. The van der Waals surface area contributed by atoms with Crippen molar-refractivity contribution in [3.05, 3.63) is 29.6 Å². The molecule has 0 aliphatic carbocycles. The minimum Gasteiger partial charge on any atom is -0.494 e. The fraction of sp³-hybridized carbons (Fsp3) is 0.571. The van der Waals surface area contributed by atoms with Crippen LogP contribution >= 0.6 is 0 Å². The zero-order chi connectivity index (χ0) is 13.0. The third-order valence-electron chi connectivity index (χ3n) is 3.61. The Morgan fingerprint density at radius 1 is 1.56 bits per heavy atom. The molecular formula is C14H20FNO2. The van der Waals surface area contributed by atoms with Gasteiger partial charge in [-0.15, -0.1) is 0 Å². The maximum Gasteiger partial charge on any atom is 0.168 e. The lowest BCUT2D eigenvalue weighted by Crippen LogP contribution is -2.36. The molecule has 1 aromatic rings. The molecule has 0 saturated carbocycles. The first-order chi connectivity index (χ1) is 8.76. The predicted molar refractivity (Wildman–Crippen MR) is 68.4 cm³/mol. The van der Waals surface area contributed by atoms with Gasteiger partial charge in [0, 0.05) is 18.6 Å². The van der Waals surface area contributed by atoms with Gasteiger partial charge in [-0.1, -0.05) is 12.1 Å². The Hall–Kier alpha value is -1.13. The summed E-state index contributed by atoms with van der Waals surface area (Å²) in [4.78, 5) is 0. The van der Waals surface area contributed by atoms with Gasteiger partial charge in [-0.2, -0.15) is 0 Å². The van der Waals surface area contributed by atoms with Crippen LogP contribution in [0.4, 0.5) is 4.39 Å². The highest BCUT2D eigenvalue weighted by atomic mass is 19.1. The molecule has 0 aromatic heterocycles. The Bertz CT molecular complexity index is 391. The van der Waals surface area contributed by atoms with Gasteiger partial charge in [-0.05, 0) is 31.5 Å². The zero-order valence-corrected chi connectivity index (χ0v) is 10.9. The first-order valence-corrected chi connectivity index (χ1v) is 6.32. The zero-order valence-electron chi connectivity index (χ0n) is 10.9. The van der Waals surface area contributed by atoms with Crippen molar-refractivity contribution in [2.45, 2.75) is 18.9 Å². The largest absolute Gasteiger partial charge is 0.494 e. The van der Waals surface area contributed by atoms with Gasteiger partial charge in [0.15, 0.2) is 11.6 Å². The maximum atomic E-state index is 14.1. The minimum atomic E-state index is -0.251. The molecule has 1 aromatic carbocycles. The normalized spacial score (nSPS) is 20.9. The minimum absolute atomic E-state index is 0.245. The summed E-state index contributed by atoms with van der Waals surface area (Å²) in [5.41, 5.74) is 0.695. The highest BCUT2D eigenvalue weighted by Crippen LogP contribution is 2.24. The fourth-order valence-electron chi connectivity index (χ4n) is 2.48. The second-order valence-electron chi connectivity index (χ2n) is 4.66. The number of halogens is 1. The van der Waals surface area contributed by atoms with Gasteiger partial charge >= 0.3 is 0 Å². The molecule has 1 fully saturated rings. The number of rotatable bonds is 5. The van der Waals surface area contributed by atoms with E-state index >= 15 is 0 Å². The number of likely N-dealkylation sites (N-methyl/N-ethyl adjacent to an activating group) is 1. The van der Waals surface area contributed by atoms with Gasteiger partial charge in [0.2, 0.25) is 0 Å². The molecule has 0 amide bonds. The lowest BCUT2D eigenvalue weighted by Gasteiger charge is -2.22. The van der Waals surface area contributed by atoms with Crippen molar-refractivity contribution in [1.82, 2.24) is 5.32 Å². The van der Waals surface area contributed by atoms with Crippen LogP contribution in [0.1, 0.15) is 12.0 Å². The molecule has 1 N–H and O–H groups in total. The van der Waals surface area contributed by atoms with Gasteiger partial charge in [0.1, 0.15) is 0 Å². The Balaban J connectivity index is 2.11. The van der Waals surface area contributed by atoms with Crippen molar-refractivity contribution < 1.29 is 13.9 Å². The van der Waals surface area contributed by atoms with Crippen molar-refractivity contribution >= 4 is 0 Å². The van der Waals surface area contributed by atoms with Crippen LogP contribution in [0.25, 0.3) is 0 Å². The maximum absolute atomic E-state index is 14.1. The molecule has 0 spiro atoms. The standard InChI is InChI=1S/C14H20FNO2/c1-16-12(11-6-7-18-9-11)8-10-4-3-5-13(17-2)14(10)15/h3-5,11-12,16H,6-9H2,1-2H3. The highest BCUT2D eigenvalue weighted by Gasteiger charge is 2.25. The summed E-state index contributed by atoms with van der Waals surface area (Å²) >= 11 is 0. The SMILES string of the molecule is CNC(Cc1cccc(OC)c1F)C1CCOC1. The first-order valence-electron chi connectivity index (χ1n) is 6.32. The number of benzene rings is 1. The van der Waals surface area contributed by atoms with Crippen LogP contribution in [0.2, 0.25) is 0 Å². The van der Waals surface area contributed by atoms with E-state index < -0.39 is 0 Å². The Morgan fingerprint density at radius 3 is 3.00 bits per heavy atom. The monoisotopic (exact) mass is 253 g/mol. The summed E-state index contributed by atoms with van der Waals surface area (Å²) in [6.07, 6.45) is 1.70. The highest BCUT2D eigenvalue weighted by molar-refractivity contribution is 5.31. The van der Waals surface area contributed by atoms with E-state index in [0.29, 0.717) is 23.7 Å². The van der Waals surface area contributed by atoms with E-state index in [1.54, 1.807) is 6.07 Å². The molecule has 2 unspecified atom stereocenters. The molecule has 1 saturated heterocycles. The summed E-state index contributed by atoms with van der Waals surface area (Å²) in [6, 6.07) is 5.54. The van der Waals surface area contributed by atoms with Crippen molar-refractivity contribution in [1.29, 1.82) is 0 Å². The second kappa shape index (κ2) is 6.16. The molecule has 2 atom stereocenters. The average molecular weight is 253 g/mol. The summed E-state index contributed by atoms with van der Waals surface area (Å²) in [7, 11) is 3.41. The lowest BCUT2D eigenvalue weighted by molar-refractivity contribution is 0.177. The average Bonchev–Trinajstić information content (AvgIpc) is 2.91. The summed E-state index contributed by atoms with van der Waals surface area (Å²) in [5, 5.41) is 3.27. The molecule has 1 aliphatic heterocycles. The molecule has 3 nitrogen and oxygen atoms in total. The first kappa shape index (κ1) is 13.3. The molecular weight excluding hydrogens is 233 g/mol. The van der Waals surface area contributed by atoms with Gasteiger partial charge in [0.25, 0.3) is 0 Å². The summed E-state index contributed by atoms with van der Waals surface area (Å²) in [6.45, 7) is 1.57. The Morgan fingerprint density at radius 2 is 2.39 bits per heavy atom. The predicted octanol–water partition coefficient (Wildman–Crippen LogP) is 2.00. The number of hydrogen-bond donors (Lipinski definition) is 1. The Kier molecular flexibility index (Phi) is 4.55. The van der Waals surface area contributed by atoms with Crippen molar-refractivity contribution in [3.8, 4) is 5.75 Å². The number of nitrogens with one attached hydrogen (secondary N) is 1. The van der Waals surface area contributed by atoms with Crippen LogP contribution < -0.4 is 10.1 Å². The smallest absolute Gasteiger partial charge is 0.168 e. The summed E-state index contributed by atoms with van der Waals surface area (Å²) in [5.74, 6) is 0.518. The molecule has 0 bridgehead atoms. The van der Waals surface area contributed by atoms with E-state index in [0.717, 1.165) is 19.6 Å². The van der Waals surface area contributed by atoms with E-state index in [2.05, 4.69) is 5.32 Å². The van der Waals surface area contributed by atoms with E-state index in [1.807, 2.05) is 19.2 Å². The lowest BCUT2D eigenvalue weighted by atomic mass is 9.92. The molecule has 1 aliphatic rings. The van der Waals surface area contributed by atoms with Gasteiger partial charge < -0.3 is 14.8 Å². The van der Waals surface area contributed by atoms with Crippen LogP contribution in [0.5, 0.6) is 5.75 Å². The van der Waals surface area contributed by atoms with E-state index in [9.17, 15) is 4.39 Å². The van der Waals surface area contributed by atoms with E-state index in [1.165, 1.54) is 7.11 Å². The summed E-state index contributed by atoms with van der Waals surface area (Å²) < 4.78 is 24.5. The quantitative estimate of drug-likeness (QED) is 0.870. The molecule has 4 heteroatoms. The topological polar surface area (TPSA) is 30.5 Å². The second-order valence-corrected chi connectivity index (χ2v) is 4.66. The van der Waals surface area contributed by atoms with E-state index in [4.69, 9.17) is 9.47 Å². The van der Waals surface area contributed by atoms with Crippen molar-refractivity contribution in [2.24, 2.45) is 5.92 Å². The molecule has 2 rings (SSSR count). The van der Waals surface area contributed by atoms with Crippen LogP contribution in [0.3, 0.4) is 0 Å². The van der Waals surface area contributed by atoms with Crippen molar-refractivity contribution in [2.75, 3.05) is 27.4 Å².